The summed E-state index contributed by atoms with van der Waals surface area (Å²) < 4.78 is 49.5. The molecule has 1 aliphatic heterocycles. The fraction of sp³-hybridized carbons (Fsp3) is 0.368. The Bertz CT molecular complexity index is 858. The van der Waals surface area contributed by atoms with E-state index in [-0.39, 0.29) is 19.2 Å². The van der Waals surface area contributed by atoms with Crippen LogP contribution in [0.15, 0.2) is 41.5 Å². The van der Waals surface area contributed by atoms with Gasteiger partial charge < -0.3 is 25.4 Å². The van der Waals surface area contributed by atoms with Crippen LogP contribution < -0.4 is 25.4 Å². The minimum Gasteiger partial charge on any atom is -0.454 e. The summed E-state index contributed by atoms with van der Waals surface area (Å²) >= 11 is 0. The number of ether oxygens (including phenoxy) is 2. The number of hydrogen-bond acceptors (Lipinski definition) is 5. The van der Waals surface area contributed by atoms with E-state index in [0.717, 1.165) is 29.5 Å². The van der Waals surface area contributed by atoms with E-state index in [1.54, 1.807) is 7.05 Å². The molecule has 29 heavy (non-hydrogen) atoms. The molecule has 0 amide bonds. The van der Waals surface area contributed by atoms with Crippen LogP contribution in [0.5, 0.6) is 11.5 Å². The highest BCUT2D eigenvalue weighted by Crippen LogP contribution is 2.33. The highest BCUT2D eigenvalue weighted by atomic mass is 19.4. The zero-order chi connectivity index (χ0) is 20.7. The van der Waals surface area contributed by atoms with Crippen LogP contribution in [-0.2, 0) is 12.6 Å². The Morgan fingerprint density at radius 1 is 1.10 bits per heavy atom. The molecule has 0 unspecified atom stereocenters. The number of nitrogens with one attached hydrogen (secondary N) is 3. The van der Waals surface area contributed by atoms with Crippen LogP contribution >= 0.6 is 0 Å². The Morgan fingerprint density at radius 2 is 1.90 bits per heavy atom. The molecule has 7 nitrogen and oxygen atoms in total. The first kappa shape index (κ1) is 20.6. The molecule has 0 saturated heterocycles. The largest absolute Gasteiger partial charge is 0.454 e. The average molecular weight is 409 g/mol. The summed E-state index contributed by atoms with van der Waals surface area (Å²) in [6.45, 7) is 1.50. The van der Waals surface area contributed by atoms with Gasteiger partial charge in [0.1, 0.15) is 5.82 Å². The van der Waals surface area contributed by atoms with Gasteiger partial charge in [-0.05, 0) is 36.2 Å². The molecule has 2 heterocycles. The van der Waals surface area contributed by atoms with E-state index in [0.29, 0.717) is 19.0 Å². The second-order valence-corrected chi connectivity index (χ2v) is 6.19. The number of benzene rings is 1. The highest BCUT2D eigenvalue weighted by molar-refractivity contribution is 5.79. The number of aliphatic imine (C=N–C) groups is 1. The molecular formula is C19H22F3N5O2. The Labute approximate surface area is 166 Å². The molecule has 3 N–H and O–H groups in total. The van der Waals surface area contributed by atoms with Crippen molar-refractivity contribution >= 4 is 11.8 Å². The van der Waals surface area contributed by atoms with Gasteiger partial charge in [0.2, 0.25) is 6.79 Å². The normalized spacial score (nSPS) is 13.3. The summed E-state index contributed by atoms with van der Waals surface area (Å²) in [6, 6.07) is 8.05. The van der Waals surface area contributed by atoms with Gasteiger partial charge >= 0.3 is 6.18 Å². The van der Waals surface area contributed by atoms with Crippen LogP contribution in [0, 0.1) is 0 Å². The number of rotatable bonds is 7. The van der Waals surface area contributed by atoms with Crippen molar-refractivity contribution in [3.63, 3.8) is 0 Å². The van der Waals surface area contributed by atoms with Crippen LogP contribution in [-0.4, -0.2) is 44.4 Å². The summed E-state index contributed by atoms with van der Waals surface area (Å²) in [6.07, 6.45) is -2.38. The van der Waals surface area contributed by atoms with Crippen LogP contribution in [0.4, 0.5) is 19.0 Å². The van der Waals surface area contributed by atoms with E-state index in [4.69, 9.17) is 9.47 Å². The van der Waals surface area contributed by atoms with Crippen molar-refractivity contribution in [2.75, 3.05) is 38.8 Å². The number of anilines is 1. The summed E-state index contributed by atoms with van der Waals surface area (Å²) in [4.78, 5) is 7.87. The molecule has 1 aromatic heterocycles. The van der Waals surface area contributed by atoms with Gasteiger partial charge in [0.15, 0.2) is 17.5 Å². The predicted octanol–water partition coefficient (Wildman–Crippen LogP) is 2.65. The number of nitrogens with zero attached hydrogens (tertiary/aromatic N) is 2. The Hall–Kier alpha value is -3.17. The number of hydrogen-bond donors (Lipinski definition) is 3. The third-order valence-corrected chi connectivity index (χ3v) is 4.19. The van der Waals surface area contributed by atoms with Crippen LogP contribution in [0.1, 0.15) is 11.1 Å². The molecule has 1 aromatic carbocycles. The van der Waals surface area contributed by atoms with Crippen molar-refractivity contribution < 1.29 is 22.6 Å². The second kappa shape index (κ2) is 9.35. The number of pyridine rings is 1. The molecule has 156 valence electrons. The second-order valence-electron chi connectivity index (χ2n) is 6.19. The van der Waals surface area contributed by atoms with E-state index in [9.17, 15) is 13.2 Å². The molecule has 0 bridgehead atoms. The van der Waals surface area contributed by atoms with Crippen molar-refractivity contribution in [3.8, 4) is 11.5 Å². The lowest BCUT2D eigenvalue weighted by Gasteiger charge is -2.15. The molecule has 0 aliphatic carbocycles. The number of halogens is 3. The molecule has 0 saturated carbocycles. The Morgan fingerprint density at radius 3 is 2.69 bits per heavy atom. The topological polar surface area (TPSA) is 79.8 Å². The van der Waals surface area contributed by atoms with Crippen molar-refractivity contribution in [1.29, 1.82) is 0 Å². The van der Waals surface area contributed by atoms with Crippen molar-refractivity contribution in [2.45, 2.75) is 12.6 Å². The lowest BCUT2D eigenvalue weighted by molar-refractivity contribution is -0.137. The van der Waals surface area contributed by atoms with E-state index < -0.39 is 11.7 Å². The van der Waals surface area contributed by atoms with E-state index in [1.165, 1.54) is 12.3 Å². The minimum absolute atomic E-state index is 0.187. The van der Waals surface area contributed by atoms with Gasteiger partial charge in [-0.1, -0.05) is 6.07 Å². The van der Waals surface area contributed by atoms with Gasteiger partial charge in [0.05, 0.1) is 5.56 Å². The molecule has 2 aromatic rings. The SMILES string of the molecule is CN=C(NCCNc1ncccc1C(F)(F)F)NCCc1ccc2c(c1)OCO2. The average Bonchev–Trinajstić information content (AvgIpc) is 3.17. The zero-order valence-electron chi connectivity index (χ0n) is 15.8. The number of aromatic nitrogens is 1. The zero-order valence-corrected chi connectivity index (χ0v) is 15.8. The quantitative estimate of drug-likeness (QED) is 0.371. The lowest BCUT2D eigenvalue weighted by atomic mass is 10.1. The predicted molar refractivity (Wildman–Crippen MR) is 103 cm³/mol. The first-order valence-corrected chi connectivity index (χ1v) is 9.06. The standard InChI is InChI=1S/C19H22F3N5O2/c1-23-18(26-8-6-13-4-5-15-16(11-13)29-12-28-15)27-10-9-25-17-14(19(20,21)22)3-2-7-24-17/h2-5,7,11H,6,8-10,12H2,1H3,(H,24,25)(H2,23,26,27). The number of fused-ring (bicyclic) bond motifs is 1. The first-order chi connectivity index (χ1) is 14.0. The van der Waals surface area contributed by atoms with Gasteiger partial charge in [-0.15, -0.1) is 0 Å². The van der Waals surface area contributed by atoms with Gasteiger partial charge in [-0.3, -0.25) is 4.99 Å². The third-order valence-electron chi connectivity index (χ3n) is 4.19. The smallest absolute Gasteiger partial charge is 0.419 e. The van der Waals surface area contributed by atoms with E-state index in [1.807, 2.05) is 18.2 Å². The monoisotopic (exact) mass is 409 g/mol. The molecule has 0 atom stereocenters. The number of guanidine groups is 1. The molecule has 3 rings (SSSR count). The maximum atomic E-state index is 13.0. The van der Waals surface area contributed by atoms with Gasteiger partial charge in [-0.2, -0.15) is 13.2 Å². The maximum Gasteiger partial charge on any atom is 0.419 e. The van der Waals surface area contributed by atoms with Crippen LogP contribution in [0.3, 0.4) is 0 Å². The Kier molecular flexibility index (Phi) is 6.63. The molecule has 1 aliphatic rings. The van der Waals surface area contributed by atoms with E-state index >= 15 is 0 Å². The highest BCUT2D eigenvalue weighted by Gasteiger charge is 2.33. The van der Waals surface area contributed by atoms with Gasteiger partial charge in [0.25, 0.3) is 0 Å². The van der Waals surface area contributed by atoms with Gasteiger partial charge in [0, 0.05) is 32.9 Å². The minimum atomic E-state index is -4.45. The molecular weight excluding hydrogens is 387 g/mol. The summed E-state index contributed by atoms with van der Waals surface area (Å²) in [7, 11) is 1.63. The summed E-state index contributed by atoms with van der Waals surface area (Å²) in [5, 5.41) is 8.91. The molecule has 0 fully saturated rings. The fourth-order valence-electron chi connectivity index (χ4n) is 2.78. The number of alkyl halides is 3. The summed E-state index contributed by atoms with van der Waals surface area (Å²) in [5.41, 5.74) is 0.305. The van der Waals surface area contributed by atoms with E-state index in [2.05, 4.69) is 25.9 Å². The first-order valence-electron chi connectivity index (χ1n) is 9.06. The summed E-state index contributed by atoms with van der Waals surface area (Å²) in [5.74, 6) is 1.86. The van der Waals surface area contributed by atoms with Crippen molar-refractivity contribution in [3.05, 3.63) is 47.7 Å². The van der Waals surface area contributed by atoms with Crippen molar-refractivity contribution in [1.82, 2.24) is 15.6 Å². The molecule has 0 radical (unpaired) electrons. The van der Waals surface area contributed by atoms with Gasteiger partial charge in [-0.25, -0.2) is 4.98 Å². The lowest BCUT2D eigenvalue weighted by Crippen LogP contribution is -2.40. The Balaban J connectivity index is 1.40. The fourth-order valence-corrected chi connectivity index (χ4v) is 2.78. The molecule has 0 spiro atoms. The molecule has 10 heteroatoms. The van der Waals surface area contributed by atoms with Crippen LogP contribution in [0.25, 0.3) is 0 Å². The van der Waals surface area contributed by atoms with Crippen LogP contribution in [0.2, 0.25) is 0 Å². The third kappa shape index (κ3) is 5.66. The van der Waals surface area contributed by atoms with Crippen molar-refractivity contribution in [2.24, 2.45) is 4.99 Å². The maximum absolute atomic E-state index is 13.0.